The fourth-order valence-electron chi connectivity index (χ4n) is 7.20. The Morgan fingerprint density at radius 1 is 1.07 bits per heavy atom. The van der Waals surface area contributed by atoms with Gasteiger partial charge in [0.2, 0.25) is 0 Å². The molecular weight excluding hydrogens is 548 g/mol. The molecule has 5 aliphatic rings. The van der Waals surface area contributed by atoms with Gasteiger partial charge in [-0.15, -0.1) is 0 Å². The summed E-state index contributed by atoms with van der Waals surface area (Å²) in [7, 11) is 0. The van der Waals surface area contributed by atoms with Gasteiger partial charge in [-0.3, -0.25) is 14.4 Å². The van der Waals surface area contributed by atoms with Crippen molar-refractivity contribution < 1.29 is 38.8 Å². The molecule has 2 aliphatic heterocycles. The Morgan fingerprint density at radius 3 is 2.49 bits per heavy atom. The summed E-state index contributed by atoms with van der Waals surface area (Å²) >= 11 is 0. The van der Waals surface area contributed by atoms with Gasteiger partial charge in [0.15, 0.2) is 22.8 Å². The predicted octanol–water partition coefficient (Wildman–Crippen LogP) is 5.20. The van der Waals surface area contributed by atoms with Crippen LogP contribution in [0.3, 0.4) is 0 Å². The number of hydrogen-bond acceptors (Lipinski definition) is 8. The molecule has 8 nitrogen and oxygen atoms in total. The van der Waals surface area contributed by atoms with Crippen LogP contribution in [-0.4, -0.2) is 52.2 Å². The van der Waals surface area contributed by atoms with Gasteiger partial charge in [-0.2, -0.15) is 0 Å². The summed E-state index contributed by atoms with van der Waals surface area (Å²) in [5.41, 5.74) is 0.275. The molecule has 0 unspecified atom stereocenters. The van der Waals surface area contributed by atoms with Crippen molar-refractivity contribution in [3.63, 3.8) is 0 Å². The number of benzene rings is 2. The zero-order valence-electron chi connectivity index (χ0n) is 24.8. The molecule has 1 spiro atoms. The Bertz CT molecular complexity index is 1610. The first-order valence-electron chi connectivity index (χ1n) is 14.7. The van der Waals surface area contributed by atoms with Gasteiger partial charge in [0.1, 0.15) is 22.8 Å². The first kappa shape index (κ1) is 28.9. The van der Waals surface area contributed by atoms with Gasteiger partial charge in [-0.25, -0.2) is 0 Å². The average molecular weight is 585 g/mol. The Kier molecular flexibility index (Phi) is 7.08. The van der Waals surface area contributed by atoms with Gasteiger partial charge in [0.05, 0.1) is 19.6 Å². The SMILES string of the molecule is CC(C)=CCc1c(O)cc2c(c1O)C(=O)C1=C[C@H]3C(=O)[C@]4(CC=C(C)C)OC[C@H]([C@H]3COC(=O)Cc3ccccc3)[C@]14O2. The number of ether oxygens (including phenoxy) is 3. The molecule has 2 heterocycles. The monoisotopic (exact) mass is 584 g/mol. The van der Waals surface area contributed by atoms with Crippen molar-refractivity contribution >= 4 is 17.5 Å². The summed E-state index contributed by atoms with van der Waals surface area (Å²) in [5.74, 6) is -3.34. The van der Waals surface area contributed by atoms with Crippen molar-refractivity contribution in [2.45, 2.75) is 58.2 Å². The quantitative estimate of drug-likeness (QED) is 0.321. The van der Waals surface area contributed by atoms with Crippen molar-refractivity contribution in [2.24, 2.45) is 17.8 Å². The number of allylic oxidation sites excluding steroid dienone is 4. The number of phenolic OH excluding ortho intramolecular Hbond substituents is 2. The summed E-state index contributed by atoms with van der Waals surface area (Å²) in [6, 6.07) is 10.6. The molecule has 1 saturated heterocycles. The number of hydrogen-bond donors (Lipinski definition) is 2. The minimum Gasteiger partial charge on any atom is -0.507 e. The van der Waals surface area contributed by atoms with Crippen LogP contribution in [0.4, 0.5) is 0 Å². The van der Waals surface area contributed by atoms with Crippen molar-refractivity contribution in [1.82, 2.24) is 0 Å². The predicted molar refractivity (Wildman–Crippen MR) is 158 cm³/mol. The molecule has 2 aromatic rings. The van der Waals surface area contributed by atoms with Crippen molar-refractivity contribution in [3.05, 3.63) is 88.0 Å². The lowest BCUT2D eigenvalue weighted by atomic mass is 9.49. The van der Waals surface area contributed by atoms with Gasteiger partial charge < -0.3 is 24.4 Å². The highest BCUT2D eigenvalue weighted by molar-refractivity contribution is 6.18. The number of ketones is 2. The molecule has 2 aromatic carbocycles. The zero-order valence-corrected chi connectivity index (χ0v) is 24.8. The van der Waals surface area contributed by atoms with Crippen molar-refractivity contribution in [3.8, 4) is 17.2 Å². The third kappa shape index (κ3) is 4.34. The average Bonchev–Trinajstić information content (AvgIpc) is 3.23. The minimum atomic E-state index is -1.51. The highest BCUT2D eigenvalue weighted by Gasteiger charge is 2.79. The van der Waals surface area contributed by atoms with E-state index in [0.29, 0.717) is 0 Å². The van der Waals surface area contributed by atoms with Gasteiger partial charge >= 0.3 is 5.97 Å². The Labute approximate surface area is 250 Å². The largest absolute Gasteiger partial charge is 0.507 e. The second-order valence-corrected chi connectivity index (χ2v) is 12.5. The zero-order chi connectivity index (χ0) is 30.7. The fourth-order valence-corrected chi connectivity index (χ4v) is 7.20. The Balaban J connectivity index is 1.41. The number of aromatic hydroxyl groups is 2. The maximum Gasteiger partial charge on any atom is 0.310 e. The van der Waals surface area contributed by atoms with Gasteiger partial charge in [0, 0.05) is 41.4 Å². The lowest BCUT2D eigenvalue weighted by Gasteiger charge is -2.58. The molecule has 2 fully saturated rings. The van der Waals surface area contributed by atoms with E-state index in [1.807, 2.05) is 70.2 Å². The van der Waals surface area contributed by atoms with E-state index in [4.69, 9.17) is 14.2 Å². The number of carbonyl (C=O) groups is 3. The maximum atomic E-state index is 14.3. The van der Waals surface area contributed by atoms with E-state index in [-0.39, 0.29) is 72.2 Å². The lowest BCUT2D eigenvalue weighted by Crippen LogP contribution is -2.74. The van der Waals surface area contributed by atoms with E-state index in [2.05, 4.69) is 0 Å². The summed E-state index contributed by atoms with van der Waals surface area (Å²) < 4.78 is 18.8. The molecule has 1 saturated carbocycles. The summed E-state index contributed by atoms with van der Waals surface area (Å²) in [4.78, 5) is 41.3. The van der Waals surface area contributed by atoms with Crippen LogP contribution in [0.5, 0.6) is 17.2 Å². The third-order valence-electron chi connectivity index (χ3n) is 9.29. The standard InChI is InChI=1S/C35H36O8/c1-19(2)10-11-22-27(36)16-28-30(31(22)38)32(39)25-15-23-24(17-41-29(37)14-21-8-6-5-7-9-21)26-18-42-34(33(23)40,13-12-20(3)4)35(25,26)43-28/h5-10,12,15-16,23-24,26,36,38H,11,13-14,17-18H2,1-4H3/t23-,24+,26-,34+,35-/m1/s1. The number of phenols is 2. The summed E-state index contributed by atoms with van der Waals surface area (Å²) in [6.07, 6.45) is 5.92. The Morgan fingerprint density at radius 2 is 1.79 bits per heavy atom. The number of esters is 1. The van der Waals surface area contributed by atoms with E-state index >= 15 is 0 Å². The number of rotatable bonds is 8. The fraction of sp³-hybridized carbons (Fsp3) is 0.400. The molecule has 4 bridgehead atoms. The van der Waals surface area contributed by atoms with E-state index in [1.54, 1.807) is 6.08 Å². The van der Waals surface area contributed by atoms with Crippen LogP contribution in [0.2, 0.25) is 0 Å². The lowest BCUT2D eigenvalue weighted by molar-refractivity contribution is -0.174. The van der Waals surface area contributed by atoms with Crippen LogP contribution >= 0.6 is 0 Å². The van der Waals surface area contributed by atoms with Gasteiger partial charge in [-0.05, 0) is 39.7 Å². The number of fused-ring (bicyclic) bond motifs is 1. The van der Waals surface area contributed by atoms with Crippen LogP contribution in [-0.2, 0) is 31.9 Å². The van der Waals surface area contributed by atoms with Crippen LogP contribution in [0.15, 0.2) is 71.3 Å². The van der Waals surface area contributed by atoms with Crippen molar-refractivity contribution in [2.75, 3.05) is 13.2 Å². The van der Waals surface area contributed by atoms with Crippen LogP contribution < -0.4 is 4.74 Å². The van der Waals surface area contributed by atoms with Crippen LogP contribution in [0.1, 0.15) is 55.6 Å². The second-order valence-electron chi connectivity index (χ2n) is 12.5. The van der Waals surface area contributed by atoms with Crippen molar-refractivity contribution in [1.29, 1.82) is 0 Å². The molecule has 0 amide bonds. The molecule has 5 atom stereocenters. The first-order chi connectivity index (χ1) is 20.5. The molecule has 8 heteroatoms. The third-order valence-corrected chi connectivity index (χ3v) is 9.29. The highest BCUT2D eigenvalue weighted by Crippen LogP contribution is 2.65. The molecule has 7 rings (SSSR count). The highest BCUT2D eigenvalue weighted by atomic mass is 16.6. The number of Topliss-reactive ketones (excluding diaryl/α,β-unsaturated/α-hetero) is 2. The van der Waals surface area contributed by atoms with E-state index in [9.17, 15) is 24.6 Å². The second kappa shape index (κ2) is 10.5. The van der Waals surface area contributed by atoms with Crippen LogP contribution in [0.25, 0.3) is 0 Å². The summed E-state index contributed by atoms with van der Waals surface area (Å²) in [5, 5.41) is 22.1. The first-order valence-corrected chi connectivity index (χ1v) is 14.7. The minimum absolute atomic E-state index is 0.00291. The van der Waals surface area contributed by atoms with Crippen LogP contribution in [0, 0.1) is 17.8 Å². The Hall–Kier alpha value is -4.17. The van der Waals surface area contributed by atoms with E-state index < -0.39 is 40.7 Å². The normalized spacial score (nSPS) is 27.9. The van der Waals surface area contributed by atoms with Gasteiger partial charge in [-0.1, -0.05) is 59.7 Å². The summed E-state index contributed by atoms with van der Waals surface area (Å²) in [6.45, 7) is 7.73. The van der Waals surface area contributed by atoms with E-state index in [1.165, 1.54) is 6.07 Å². The molecule has 0 radical (unpaired) electrons. The smallest absolute Gasteiger partial charge is 0.310 e. The van der Waals surface area contributed by atoms with Gasteiger partial charge in [0.25, 0.3) is 0 Å². The molecule has 0 aromatic heterocycles. The molecule has 43 heavy (non-hydrogen) atoms. The molecule has 3 aliphatic carbocycles. The molecule has 2 N–H and O–H groups in total. The maximum absolute atomic E-state index is 14.3. The topological polar surface area (TPSA) is 119 Å². The molecular formula is C35H36O8. The number of carbonyl (C=O) groups excluding carboxylic acids is 3. The van der Waals surface area contributed by atoms with E-state index in [0.717, 1.165) is 16.7 Å². The molecule has 224 valence electrons.